The maximum absolute atomic E-state index is 12.0. The van der Waals surface area contributed by atoms with Crippen LogP contribution in [0.4, 0.5) is 10.5 Å². The van der Waals surface area contributed by atoms with Gasteiger partial charge < -0.3 is 25.8 Å². The number of ether oxygens (including phenoxy) is 1. The van der Waals surface area contributed by atoms with E-state index in [4.69, 9.17) is 9.72 Å². The maximum Gasteiger partial charge on any atom is 0.318 e. The minimum Gasteiger partial charge on any atom is -0.491 e. The van der Waals surface area contributed by atoms with Gasteiger partial charge in [-0.15, -0.1) is 0 Å². The number of benzene rings is 1. The molecule has 0 saturated carbocycles. The summed E-state index contributed by atoms with van der Waals surface area (Å²) in [6, 6.07) is 9.09. The molecule has 1 unspecified atom stereocenters. The molecule has 3 rings (SSSR count). The number of urea groups is 1. The number of pyridine rings is 1. The number of nitrogens with one attached hydrogen (secondary N) is 3. The third-order valence-corrected chi connectivity index (χ3v) is 4.54. The molecule has 30 heavy (non-hydrogen) atoms. The Labute approximate surface area is 175 Å². The fourth-order valence-electron chi connectivity index (χ4n) is 3.06. The summed E-state index contributed by atoms with van der Waals surface area (Å²) in [5.74, 6) is 0.628. The van der Waals surface area contributed by atoms with Gasteiger partial charge in [-0.3, -0.25) is 0 Å². The van der Waals surface area contributed by atoms with E-state index in [-0.39, 0.29) is 18.7 Å². The second kappa shape index (κ2) is 9.55. The van der Waals surface area contributed by atoms with Gasteiger partial charge in [0, 0.05) is 25.2 Å². The Bertz CT molecular complexity index is 1020. The summed E-state index contributed by atoms with van der Waals surface area (Å²) >= 11 is 0. The molecule has 2 aromatic heterocycles. The van der Waals surface area contributed by atoms with Crippen molar-refractivity contribution in [1.29, 1.82) is 0 Å². The molecule has 0 aliphatic carbocycles. The smallest absolute Gasteiger partial charge is 0.318 e. The fourth-order valence-corrected chi connectivity index (χ4v) is 3.06. The molecular weight excluding hydrogens is 384 g/mol. The number of aliphatic hydroxyl groups is 1. The van der Waals surface area contributed by atoms with E-state index in [0.29, 0.717) is 29.3 Å². The molecule has 160 valence electrons. The van der Waals surface area contributed by atoms with Crippen molar-refractivity contribution in [2.75, 3.05) is 32.6 Å². The molecule has 4 N–H and O–H groups in total. The van der Waals surface area contributed by atoms with Crippen molar-refractivity contribution >= 4 is 22.8 Å². The van der Waals surface area contributed by atoms with E-state index in [1.807, 2.05) is 48.9 Å². The lowest BCUT2D eigenvalue weighted by Gasteiger charge is -2.14. The monoisotopic (exact) mass is 412 g/mol. The fraction of sp³-hybridized carbons (Fsp3) is 0.381. The average Bonchev–Trinajstić information content (AvgIpc) is 3.17. The Morgan fingerprint density at radius 2 is 2.07 bits per heavy atom. The molecular formula is C21H28N6O3. The summed E-state index contributed by atoms with van der Waals surface area (Å²) in [6.07, 6.45) is 1.11. The Kier molecular flexibility index (Phi) is 6.86. The number of fused-ring (bicyclic) bond motifs is 1. The van der Waals surface area contributed by atoms with E-state index in [0.717, 1.165) is 10.9 Å². The van der Waals surface area contributed by atoms with Gasteiger partial charge in [0.25, 0.3) is 0 Å². The lowest BCUT2D eigenvalue weighted by molar-refractivity contribution is 0.108. The van der Waals surface area contributed by atoms with Crippen LogP contribution in [0.1, 0.15) is 19.9 Å². The van der Waals surface area contributed by atoms with E-state index < -0.39 is 6.10 Å². The first-order valence-corrected chi connectivity index (χ1v) is 9.85. The molecule has 0 aliphatic heterocycles. The zero-order chi connectivity index (χ0) is 21.7. The molecule has 0 fully saturated rings. The number of hydrogen-bond donors (Lipinski definition) is 4. The topological polar surface area (TPSA) is 113 Å². The number of anilines is 1. The first-order chi connectivity index (χ1) is 14.4. The molecule has 0 saturated heterocycles. The van der Waals surface area contributed by atoms with Gasteiger partial charge in [-0.1, -0.05) is 12.1 Å². The van der Waals surface area contributed by atoms with Crippen LogP contribution in [-0.2, 0) is 0 Å². The summed E-state index contributed by atoms with van der Waals surface area (Å²) < 4.78 is 7.54. The van der Waals surface area contributed by atoms with Crippen LogP contribution in [0.3, 0.4) is 0 Å². The molecule has 1 aromatic carbocycles. The number of aromatic nitrogens is 3. The highest BCUT2D eigenvalue weighted by Gasteiger charge is 2.16. The quantitative estimate of drug-likeness (QED) is 0.452. The Balaban J connectivity index is 1.99. The minimum atomic E-state index is -0.600. The Morgan fingerprint density at radius 1 is 1.27 bits per heavy atom. The number of rotatable bonds is 8. The summed E-state index contributed by atoms with van der Waals surface area (Å²) in [4.78, 5) is 16.8. The number of aliphatic hydroxyl groups excluding tert-OH is 1. The van der Waals surface area contributed by atoms with Crippen LogP contribution < -0.4 is 20.7 Å². The van der Waals surface area contributed by atoms with Crippen LogP contribution in [0.2, 0.25) is 0 Å². The molecule has 0 aliphatic rings. The number of hydrogen-bond acceptors (Lipinski definition) is 6. The number of likely N-dealkylation sites (N-methyl/N-ethyl adjacent to an activating group) is 1. The van der Waals surface area contributed by atoms with Gasteiger partial charge >= 0.3 is 6.03 Å². The van der Waals surface area contributed by atoms with E-state index in [2.05, 4.69) is 21.0 Å². The van der Waals surface area contributed by atoms with Gasteiger partial charge in [0.05, 0.1) is 23.0 Å². The van der Waals surface area contributed by atoms with E-state index >= 15 is 0 Å². The van der Waals surface area contributed by atoms with Crippen molar-refractivity contribution in [2.45, 2.75) is 26.0 Å². The molecule has 2 heterocycles. The molecule has 3 aromatic rings. The van der Waals surface area contributed by atoms with E-state index in [9.17, 15) is 9.90 Å². The number of nitrogens with zero attached hydrogens (tertiary/aromatic N) is 3. The number of amides is 2. The van der Waals surface area contributed by atoms with Crippen LogP contribution >= 0.6 is 0 Å². The lowest BCUT2D eigenvalue weighted by Crippen LogP contribution is -2.29. The standard InChI is InChI=1S/C21H28N6O3/c1-13(2)27-20-17(11-24-27)19(26-21(29)23-4)9-18(25-20)14-6-5-7-16(8-14)30-12-15(28)10-22-3/h5-9,11,13,15,22,28H,10,12H2,1-4H3,(H2,23,25,26,29). The summed E-state index contributed by atoms with van der Waals surface area (Å²) in [7, 11) is 3.34. The largest absolute Gasteiger partial charge is 0.491 e. The minimum absolute atomic E-state index is 0.112. The van der Waals surface area contributed by atoms with Crippen molar-refractivity contribution in [2.24, 2.45) is 0 Å². The van der Waals surface area contributed by atoms with Crippen molar-refractivity contribution in [3.63, 3.8) is 0 Å². The summed E-state index contributed by atoms with van der Waals surface area (Å²) in [5, 5.41) is 23.4. The lowest BCUT2D eigenvalue weighted by atomic mass is 10.1. The van der Waals surface area contributed by atoms with Crippen LogP contribution in [-0.4, -0.2) is 59.3 Å². The summed E-state index contributed by atoms with van der Waals surface area (Å²) in [5.41, 5.74) is 2.81. The third kappa shape index (κ3) is 4.87. The van der Waals surface area contributed by atoms with E-state index in [1.165, 1.54) is 0 Å². The predicted molar refractivity (Wildman–Crippen MR) is 117 cm³/mol. The highest BCUT2D eigenvalue weighted by atomic mass is 16.5. The molecule has 0 spiro atoms. The number of carbonyl (C=O) groups is 1. The molecule has 9 heteroatoms. The zero-order valence-electron chi connectivity index (χ0n) is 17.6. The second-order valence-electron chi connectivity index (χ2n) is 7.23. The average molecular weight is 412 g/mol. The van der Waals surface area contributed by atoms with Gasteiger partial charge in [-0.05, 0) is 39.1 Å². The van der Waals surface area contributed by atoms with Crippen molar-refractivity contribution in [3.05, 3.63) is 36.5 Å². The van der Waals surface area contributed by atoms with Crippen LogP contribution in [0, 0.1) is 0 Å². The Hall–Kier alpha value is -3.17. The zero-order valence-corrected chi connectivity index (χ0v) is 17.6. The van der Waals surface area contributed by atoms with Crippen molar-refractivity contribution in [1.82, 2.24) is 25.4 Å². The molecule has 0 radical (unpaired) electrons. The normalized spacial score (nSPS) is 12.2. The molecule has 2 amide bonds. The van der Waals surface area contributed by atoms with Crippen LogP contribution in [0.5, 0.6) is 5.75 Å². The highest BCUT2D eigenvalue weighted by Crippen LogP contribution is 2.31. The molecule has 9 nitrogen and oxygen atoms in total. The van der Waals surface area contributed by atoms with Gasteiger partial charge in [0.15, 0.2) is 5.65 Å². The van der Waals surface area contributed by atoms with Gasteiger partial charge in [-0.25, -0.2) is 14.5 Å². The number of carbonyl (C=O) groups excluding carboxylic acids is 1. The first kappa shape index (κ1) is 21.5. The van der Waals surface area contributed by atoms with Gasteiger partial charge in [-0.2, -0.15) is 5.10 Å². The molecule has 0 bridgehead atoms. The summed E-state index contributed by atoms with van der Waals surface area (Å²) in [6.45, 7) is 4.68. The SMILES string of the molecule is CNCC(O)COc1cccc(-c2cc(NC(=O)NC)c3cnn(C(C)C)c3n2)c1. The third-order valence-electron chi connectivity index (χ3n) is 4.54. The maximum atomic E-state index is 12.0. The van der Waals surface area contributed by atoms with Crippen molar-refractivity contribution < 1.29 is 14.6 Å². The van der Waals surface area contributed by atoms with Crippen molar-refractivity contribution in [3.8, 4) is 17.0 Å². The van der Waals surface area contributed by atoms with Gasteiger partial charge in [0.2, 0.25) is 0 Å². The molecule has 1 atom stereocenters. The van der Waals surface area contributed by atoms with E-state index in [1.54, 1.807) is 20.3 Å². The van der Waals surface area contributed by atoms with Crippen LogP contribution in [0.15, 0.2) is 36.5 Å². The second-order valence-corrected chi connectivity index (χ2v) is 7.23. The highest BCUT2D eigenvalue weighted by molar-refractivity contribution is 6.00. The van der Waals surface area contributed by atoms with Gasteiger partial charge in [0.1, 0.15) is 18.5 Å². The Morgan fingerprint density at radius 3 is 2.77 bits per heavy atom. The first-order valence-electron chi connectivity index (χ1n) is 9.85. The predicted octanol–water partition coefficient (Wildman–Crippen LogP) is 2.39. The van der Waals surface area contributed by atoms with Crippen LogP contribution in [0.25, 0.3) is 22.3 Å².